The van der Waals surface area contributed by atoms with Crippen molar-refractivity contribution in [1.29, 1.82) is 0 Å². The van der Waals surface area contributed by atoms with Crippen LogP contribution < -0.4 is 9.47 Å². The summed E-state index contributed by atoms with van der Waals surface area (Å²) < 4.78 is 18.2. The van der Waals surface area contributed by atoms with Crippen molar-refractivity contribution in [3.63, 3.8) is 0 Å². The Morgan fingerprint density at radius 3 is 2.44 bits per heavy atom. The molecule has 0 amide bonds. The number of rotatable bonds is 14. The first-order chi connectivity index (χ1) is 20.4. The number of benzene rings is 2. The summed E-state index contributed by atoms with van der Waals surface area (Å²) in [4.78, 5) is 12.9. The predicted molar refractivity (Wildman–Crippen MR) is 176 cm³/mol. The van der Waals surface area contributed by atoms with Gasteiger partial charge in [0.05, 0.1) is 19.1 Å². The van der Waals surface area contributed by atoms with E-state index in [0.29, 0.717) is 18.9 Å². The fraction of sp³-hybridized carbons (Fsp3) is 0.553. The number of carbonyl (C=O) groups is 1. The zero-order valence-electron chi connectivity index (χ0n) is 28.0. The van der Waals surface area contributed by atoms with Gasteiger partial charge < -0.3 is 19.3 Å². The summed E-state index contributed by atoms with van der Waals surface area (Å²) in [7, 11) is 1.39. The lowest BCUT2D eigenvalue weighted by Gasteiger charge is -2.40. The molecule has 0 aliphatic carbocycles. The van der Waals surface area contributed by atoms with E-state index in [9.17, 15) is 9.90 Å². The number of carbonyl (C=O) groups excluding carboxylic acids is 1. The minimum atomic E-state index is -0.898. The van der Waals surface area contributed by atoms with Crippen LogP contribution >= 0.6 is 0 Å². The van der Waals surface area contributed by atoms with Crippen molar-refractivity contribution in [2.24, 2.45) is 17.8 Å². The van der Waals surface area contributed by atoms with Crippen LogP contribution in [0.4, 0.5) is 0 Å². The van der Waals surface area contributed by atoms with Gasteiger partial charge in [-0.15, -0.1) is 0 Å². The number of allylic oxidation sites excluding steroid dienone is 4. The molecule has 236 valence electrons. The Morgan fingerprint density at radius 2 is 1.79 bits per heavy atom. The molecule has 0 saturated heterocycles. The van der Waals surface area contributed by atoms with E-state index in [0.717, 1.165) is 71.4 Å². The Bertz CT molecular complexity index is 1270. The summed E-state index contributed by atoms with van der Waals surface area (Å²) in [5.74, 6) is 1.14. The van der Waals surface area contributed by atoms with E-state index < -0.39 is 17.6 Å². The molecule has 0 fully saturated rings. The molecule has 0 radical (unpaired) electrons. The van der Waals surface area contributed by atoms with Crippen LogP contribution in [0.15, 0.2) is 54.1 Å². The van der Waals surface area contributed by atoms with Crippen molar-refractivity contribution in [3.05, 3.63) is 82.0 Å². The minimum Gasteiger partial charge on any atom is -0.488 e. The Hall–Kier alpha value is -3.05. The summed E-state index contributed by atoms with van der Waals surface area (Å²) in [6.45, 7) is 17.3. The van der Waals surface area contributed by atoms with Gasteiger partial charge in [-0.3, -0.25) is 4.79 Å². The van der Waals surface area contributed by atoms with Gasteiger partial charge in [-0.25, -0.2) is 0 Å². The van der Waals surface area contributed by atoms with E-state index in [1.54, 1.807) is 0 Å². The van der Waals surface area contributed by atoms with Crippen molar-refractivity contribution >= 4 is 5.97 Å². The SMILES string of the molecule is COC(=O)C(C(C)C=CCC(C)CCC=C(C)C)C(O)CC1(C)CCc2c(C)c(OCc3ccccc3)c(C)c(C)c2O1. The van der Waals surface area contributed by atoms with Crippen LogP contribution in [0.2, 0.25) is 0 Å². The molecule has 0 spiro atoms. The summed E-state index contributed by atoms with van der Waals surface area (Å²) in [5, 5.41) is 11.5. The molecule has 5 atom stereocenters. The first-order valence-corrected chi connectivity index (χ1v) is 15.9. The minimum absolute atomic E-state index is 0.164. The summed E-state index contributed by atoms with van der Waals surface area (Å²) in [6.07, 6.45) is 10.6. The van der Waals surface area contributed by atoms with Crippen LogP contribution in [0.25, 0.3) is 0 Å². The zero-order chi connectivity index (χ0) is 31.7. The molecule has 0 saturated carbocycles. The Labute approximate surface area is 260 Å². The lowest BCUT2D eigenvalue weighted by molar-refractivity contribution is -0.152. The summed E-state index contributed by atoms with van der Waals surface area (Å²) >= 11 is 0. The molecule has 0 bridgehead atoms. The van der Waals surface area contributed by atoms with Crippen LogP contribution in [0.1, 0.15) is 94.5 Å². The molecule has 5 heteroatoms. The molecule has 5 nitrogen and oxygen atoms in total. The first-order valence-electron chi connectivity index (χ1n) is 15.9. The van der Waals surface area contributed by atoms with Gasteiger partial charge in [0.2, 0.25) is 0 Å². The maximum Gasteiger partial charge on any atom is 0.311 e. The summed E-state index contributed by atoms with van der Waals surface area (Å²) in [5.41, 5.74) is 6.27. The second-order valence-corrected chi connectivity index (χ2v) is 13.1. The normalized spacial score (nSPS) is 19.1. The van der Waals surface area contributed by atoms with Gasteiger partial charge >= 0.3 is 5.97 Å². The molecule has 1 heterocycles. The lowest BCUT2D eigenvalue weighted by atomic mass is 9.79. The van der Waals surface area contributed by atoms with Crippen LogP contribution in [-0.2, 0) is 22.6 Å². The van der Waals surface area contributed by atoms with E-state index >= 15 is 0 Å². The number of ether oxygens (including phenoxy) is 3. The van der Waals surface area contributed by atoms with Crippen molar-refractivity contribution < 1.29 is 24.1 Å². The highest BCUT2D eigenvalue weighted by atomic mass is 16.5. The van der Waals surface area contributed by atoms with Crippen molar-refractivity contribution in [3.8, 4) is 11.5 Å². The van der Waals surface area contributed by atoms with E-state index in [4.69, 9.17) is 14.2 Å². The first kappa shape index (κ1) is 34.4. The van der Waals surface area contributed by atoms with Gasteiger partial charge in [0.15, 0.2) is 0 Å². The quantitative estimate of drug-likeness (QED) is 0.176. The molecule has 5 unspecified atom stereocenters. The molecule has 1 N–H and O–H groups in total. The number of esters is 1. The predicted octanol–water partition coefficient (Wildman–Crippen LogP) is 8.78. The Morgan fingerprint density at radius 1 is 1.09 bits per heavy atom. The van der Waals surface area contributed by atoms with Gasteiger partial charge in [-0.1, -0.05) is 68.0 Å². The van der Waals surface area contributed by atoms with Gasteiger partial charge in [0.1, 0.15) is 23.7 Å². The number of fused-ring (bicyclic) bond motifs is 1. The van der Waals surface area contributed by atoms with Crippen molar-refractivity contribution in [2.75, 3.05) is 7.11 Å². The molecule has 2 aromatic rings. The molecule has 0 aromatic heterocycles. The fourth-order valence-corrected chi connectivity index (χ4v) is 6.22. The van der Waals surface area contributed by atoms with Gasteiger partial charge in [0, 0.05) is 12.0 Å². The molecule has 1 aliphatic heterocycles. The van der Waals surface area contributed by atoms with Crippen LogP contribution in [0.3, 0.4) is 0 Å². The third kappa shape index (κ3) is 9.22. The number of aliphatic hydroxyl groups is 1. The highest BCUT2D eigenvalue weighted by molar-refractivity contribution is 5.73. The Balaban J connectivity index is 1.71. The van der Waals surface area contributed by atoms with E-state index in [1.807, 2.05) is 32.0 Å². The number of hydrogen-bond acceptors (Lipinski definition) is 5. The highest BCUT2D eigenvalue weighted by Crippen LogP contribution is 2.45. The van der Waals surface area contributed by atoms with Crippen LogP contribution in [0.5, 0.6) is 11.5 Å². The highest BCUT2D eigenvalue weighted by Gasteiger charge is 2.41. The van der Waals surface area contributed by atoms with E-state index in [-0.39, 0.29) is 11.9 Å². The molecule has 3 rings (SSSR count). The zero-order valence-corrected chi connectivity index (χ0v) is 28.0. The van der Waals surface area contributed by atoms with E-state index in [1.165, 1.54) is 12.7 Å². The second-order valence-electron chi connectivity index (χ2n) is 13.1. The maximum absolute atomic E-state index is 12.9. The second kappa shape index (κ2) is 15.6. The van der Waals surface area contributed by atoms with Crippen LogP contribution in [0, 0.1) is 38.5 Å². The summed E-state index contributed by atoms with van der Waals surface area (Å²) in [6, 6.07) is 10.2. The van der Waals surface area contributed by atoms with Crippen molar-refractivity contribution in [1.82, 2.24) is 0 Å². The molecule has 1 aliphatic rings. The number of aliphatic hydroxyl groups excluding tert-OH is 1. The molecular formula is C38H54O5. The largest absolute Gasteiger partial charge is 0.488 e. The molecule has 43 heavy (non-hydrogen) atoms. The standard InChI is InChI=1S/C38H54O5/c1-25(2)15-13-16-26(3)17-14-18-27(4)34(37(40)41-9)33(39)23-38(8)22-21-32-30(7)35(28(5)29(6)36(32)43-38)42-24-31-19-11-10-12-20-31/h10-12,14-15,18-20,26-27,33-34,39H,13,16-17,21-24H2,1-9H3. The maximum atomic E-state index is 12.9. The van der Waals surface area contributed by atoms with Crippen molar-refractivity contribution in [2.45, 2.75) is 112 Å². The smallest absolute Gasteiger partial charge is 0.311 e. The Kier molecular flexibility index (Phi) is 12.5. The fourth-order valence-electron chi connectivity index (χ4n) is 6.22. The topological polar surface area (TPSA) is 65.0 Å². The number of methoxy groups -OCH3 is 1. The van der Waals surface area contributed by atoms with E-state index in [2.05, 4.69) is 71.9 Å². The number of hydrogen-bond donors (Lipinski definition) is 1. The molecular weight excluding hydrogens is 536 g/mol. The monoisotopic (exact) mass is 590 g/mol. The average molecular weight is 591 g/mol. The van der Waals surface area contributed by atoms with Gasteiger partial charge in [0.25, 0.3) is 0 Å². The molecule has 2 aromatic carbocycles. The third-order valence-corrected chi connectivity index (χ3v) is 9.07. The van der Waals surface area contributed by atoms with Gasteiger partial charge in [-0.2, -0.15) is 0 Å². The third-order valence-electron chi connectivity index (χ3n) is 9.07. The average Bonchev–Trinajstić information content (AvgIpc) is 2.96. The van der Waals surface area contributed by atoms with Gasteiger partial charge in [-0.05, 0) is 108 Å². The van der Waals surface area contributed by atoms with Crippen LogP contribution in [-0.4, -0.2) is 29.9 Å². The lowest BCUT2D eigenvalue weighted by Crippen LogP contribution is -2.44.